The topological polar surface area (TPSA) is 92.3 Å². The van der Waals surface area contributed by atoms with Crippen molar-refractivity contribution in [3.63, 3.8) is 0 Å². The normalized spacial score (nSPS) is 17.5. The van der Waals surface area contributed by atoms with Crippen molar-refractivity contribution in [2.75, 3.05) is 10.6 Å². The van der Waals surface area contributed by atoms with Crippen LogP contribution >= 0.6 is 0 Å². The molecular weight excluding hydrogens is 412 g/mol. The van der Waals surface area contributed by atoms with Gasteiger partial charge in [-0.3, -0.25) is 9.59 Å². The molecule has 2 aromatic rings. The largest absolute Gasteiger partial charge is 0.326 e. The van der Waals surface area contributed by atoms with Crippen LogP contribution in [0.5, 0.6) is 0 Å². The molecule has 0 radical (unpaired) electrons. The number of hydrogen-bond donors (Lipinski definition) is 2. The first-order valence-corrected chi connectivity index (χ1v) is 12.5. The summed E-state index contributed by atoms with van der Waals surface area (Å²) in [6.45, 7) is 0. The van der Waals surface area contributed by atoms with E-state index in [1.807, 2.05) is 0 Å². The molecular formula is C24H28N2O4S. The molecule has 0 heterocycles. The highest BCUT2D eigenvalue weighted by atomic mass is 32.2. The van der Waals surface area contributed by atoms with Crippen molar-refractivity contribution in [2.24, 2.45) is 11.8 Å². The Morgan fingerprint density at radius 1 is 0.613 bits per heavy atom. The Balaban J connectivity index is 1.41. The molecule has 0 bridgehead atoms. The minimum Gasteiger partial charge on any atom is -0.326 e. The van der Waals surface area contributed by atoms with Crippen LogP contribution in [-0.4, -0.2) is 20.2 Å². The van der Waals surface area contributed by atoms with Gasteiger partial charge in [0.2, 0.25) is 21.7 Å². The third kappa shape index (κ3) is 4.98. The number of nitrogens with one attached hydrogen (secondary N) is 2. The van der Waals surface area contributed by atoms with Crippen LogP contribution in [0.25, 0.3) is 0 Å². The van der Waals surface area contributed by atoms with Crippen molar-refractivity contribution < 1.29 is 18.0 Å². The van der Waals surface area contributed by atoms with E-state index in [0.717, 1.165) is 51.4 Å². The van der Waals surface area contributed by atoms with Crippen molar-refractivity contribution in [1.82, 2.24) is 0 Å². The SMILES string of the molecule is O=C(Nc1ccc(S(=O)(=O)c2ccc(NC(=O)C3CCCC3)cc2)cc1)C1CCCC1. The highest BCUT2D eigenvalue weighted by Crippen LogP contribution is 2.28. The molecule has 6 nitrogen and oxygen atoms in total. The predicted octanol–water partition coefficient (Wildman–Crippen LogP) is 4.78. The molecule has 164 valence electrons. The van der Waals surface area contributed by atoms with Gasteiger partial charge in [-0.2, -0.15) is 0 Å². The van der Waals surface area contributed by atoms with Crippen LogP contribution in [0.1, 0.15) is 51.4 Å². The maximum Gasteiger partial charge on any atom is 0.227 e. The van der Waals surface area contributed by atoms with Crippen LogP contribution in [0, 0.1) is 11.8 Å². The van der Waals surface area contributed by atoms with E-state index < -0.39 is 9.84 Å². The molecule has 31 heavy (non-hydrogen) atoms. The summed E-state index contributed by atoms with van der Waals surface area (Å²) in [4.78, 5) is 24.8. The molecule has 2 N–H and O–H groups in total. The summed E-state index contributed by atoms with van der Waals surface area (Å²) in [5, 5.41) is 5.75. The monoisotopic (exact) mass is 440 g/mol. The third-order valence-corrected chi connectivity index (χ3v) is 8.10. The van der Waals surface area contributed by atoms with Gasteiger partial charge in [-0.25, -0.2) is 8.42 Å². The van der Waals surface area contributed by atoms with E-state index in [2.05, 4.69) is 10.6 Å². The Hall–Kier alpha value is -2.67. The molecule has 0 saturated heterocycles. The molecule has 0 aromatic heterocycles. The van der Waals surface area contributed by atoms with E-state index in [9.17, 15) is 18.0 Å². The van der Waals surface area contributed by atoms with Crippen LogP contribution < -0.4 is 10.6 Å². The zero-order valence-electron chi connectivity index (χ0n) is 17.5. The first-order chi connectivity index (χ1) is 14.9. The second-order valence-electron chi connectivity index (χ2n) is 8.49. The molecule has 2 aliphatic rings. The summed E-state index contributed by atoms with van der Waals surface area (Å²) in [6, 6.07) is 12.5. The smallest absolute Gasteiger partial charge is 0.227 e. The number of hydrogen-bond acceptors (Lipinski definition) is 4. The fraction of sp³-hybridized carbons (Fsp3) is 0.417. The van der Waals surface area contributed by atoms with Gasteiger partial charge < -0.3 is 10.6 Å². The quantitative estimate of drug-likeness (QED) is 0.676. The van der Waals surface area contributed by atoms with Crippen LogP contribution in [0.15, 0.2) is 58.3 Å². The Morgan fingerprint density at radius 2 is 0.935 bits per heavy atom. The summed E-state index contributed by atoms with van der Waals surface area (Å²) in [5.41, 5.74) is 1.20. The summed E-state index contributed by atoms with van der Waals surface area (Å²) in [6.07, 6.45) is 7.98. The first kappa shape index (κ1) is 21.6. The lowest BCUT2D eigenvalue weighted by molar-refractivity contribution is -0.120. The van der Waals surface area contributed by atoms with E-state index >= 15 is 0 Å². The van der Waals surface area contributed by atoms with Gasteiger partial charge in [0.15, 0.2) is 0 Å². The van der Waals surface area contributed by atoms with Crippen molar-refractivity contribution in [2.45, 2.75) is 61.2 Å². The number of amides is 2. The highest BCUT2D eigenvalue weighted by molar-refractivity contribution is 7.91. The minimum atomic E-state index is -3.69. The lowest BCUT2D eigenvalue weighted by Crippen LogP contribution is -2.20. The molecule has 2 amide bonds. The minimum absolute atomic E-state index is 0.00310. The molecule has 2 aromatic carbocycles. The van der Waals surface area contributed by atoms with Crippen LogP contribution in [0.3, 0.4) is 0 Å². The van der Waals surface area contributed by atoms with E-state index in [1.54, 1.807) is 24.3 Å². The molecule has 7 heteroatoms. The van der Waals surface area contributed by atoms with Gasteiger partial charge in [-0.1, -0.05) is 25.7 Å². The van der Waals surface area contributed by atoms with Crippen molar-refractivity contribution in [3.05, 3.63) is 48.5 Å². The second-order valence-corrected chi connectivity index (χ2v) is 10.4. The number of carbonyl (C=O) groups is 2. The van der Waals surface area contributed by atoms with Gasteiger partial charge >= 0.3 is 0 Å². The van der Waals surface area contributed by atoms with E-state index in [0.29, 0.717) is 11.4 Å². The summed E-state index contributed by atoms with van der Waals surface area (Å²) in [5.74, 6) is 0.110. The second kappa shape index (κ2) is 9.22. The van der Waals surface area contributed by atoms with Crippen LogP contribution in [0.2, 0.25) is 0 Å². The summed E-state index contributed by atoms with van der Waals surface area (Å²) in [7, 11) is -3.69. The van der Waals surface area contributed by atoms with Crippen molar-refractivity contribution in [1.29, 1.82) is 0 Å². The number of benzene rings is 2. The Bertz CT molecular complexity index is 954. The van der Waals surface area contributed by atoms with Gasteiger partial charge in [0, 0.05) is 23.2 Å². The van der Waals surface area contributed by atoms with E-state index in [4.69, 9.17) is 0 Å². The first-order valence-electron chi connectivity index (χ1n) is 11.0. The predicted molar refractivity (Wildman–Crippen MR) is 120 cm³/mol. The fourth-order valence-electron chi connectivity index (χ4n) is 4.44. The number of rotatable bonds is 6. The average Bonchev–Trinajstić information content (AvgIpc) is 3.49. The molecule has 4 rings (SSSR count). The summed E-state index contributed by atoms with van der Waals surface area (Å²) < 4.78 is 25.9. The summed E-state index contributed by atoms with van der Waals surface area (Å²) >= 11 is 0. The lowest BCUT2D eigenvalue weighted by Gasteiger charge is -2.12. The molecule has 0 spiro atoms. The van der Waals surface area contributed by atoms with Crippen LogP contribution in [-0.2, 0) is 19.4 Å². The van der Waals surface area contributed by atoms with Gasteiger partial charge in [0.1, 0.15) is 0 Å². The molecule has 0 unspecified atom stereocenters. The maximum absolute atomic E-state index is 12.9. The van der Waals surface area contributed by atoms with E-state index in [-0.39, 0.29) is 33.4 Å². The third-order valence-electron chi connectivity index (χ3n) is 6.32. The van der Waals surface area contributed by atoms with Gasteiger partial charge in [-0.15, -0.1) is 0 Å². The van der Waals surface area contributed by atoms with Crippen LogP contribution in [0.4, 0.5) is 11.4 Å². The molecule has 0 aliphatic heterocycles. The Labute approximate surface area is 183 Å². The van der Waals surface area contributed by atoms with Crippen molar-refractivity contribution >= 4 is 33.0 Å². The Kier molecular flexibility index (Phi) is 6.41. The molecule has 0 atom stereocenters. The number of anilines is 2. The maximum atomic E-state index is 12.9. The zero-order chi connectivity index (χ0) is 21.8. The number of carbonyl (C=O) groups excluding carboxylic acids is 2. The fourth-order valence-corrected chi connectivity index (χ4v) is 5.70. The molecule has 2 saturated carbocycles. The molecule has 2 aliphatic carbocycles. The molecule has 2 fully saturated rings. The van der Waals surface area contributed by atoms with Gasteiger partial charge in [0.05, 0.1) is 9.79 Å². The standard InChI is InChI=1S/C24H28N2O4S/c27-23(17-5-1-2-6-17)25-19-9-13-21(14-10-19)31(29,30)22-15-11-20(12-16-22)26-24(28)18-7-3-4-8-18/h9-18H,1-8H2,(H,25,27)(H,26,28). The average molecular weight is 441 g/mol. The van der Waals surface area contributed by atoms with Crippen molar-refractivity contribution in [3.8, 4) is 0 Å². The van der Waals surface area contributed by atoms with Gasteiger partial charge in [0.25, 0.3) is 0 Å². The van der Waals surface area contributed by atoms with E-state index in [1.165, 1.54) is 24.3 Å². The Morgan fingerprint density at radius 3 is 1.26 bits per heavy atom. The highest BCUT2D eigenvalue weighted by Gasteiger charge is 2.24. The number of sulfone groups is 1. The van der Waals surface area contributed by atoms with Gasteiger partial charge in [-0.05, 0) is 74.2 Å². The lowest BCUT2D eigenvalue weighted by atomic mass is 10.1. The zero-order valence-corrected chi connectivity index (χ0v) is 18.3.